The predicted octanol–water partition coefficient (Wildman–Crippen LogP) is 2.24. The average Bonchev–Trinajstić information content (AvgIpc) is 2.92. The van der Waals surface area contributed by atoms with Gasteiger partial charge in [0.05, 0.1) is 16.9 Å². The van der Waals surface area contributed by atoms with Gasteiger partial charge in [-0.1, -0.05) is 6.42 Å². The van der Waals surface area contributed by atoms with Crippen molar-refractivity contribution in [2.75, 3.05) is 10.8 Å². The normalized spacial score (nSPS) is 22.2. The fraction of sp³-hybridized carbons (Fsp3) is 0.500. The Balaban J connectivity index is 2.36. The number of benzene rings is 1. The summed E-state index contributed by atoms with van der Waals surface area (Å²) in [4.78, 5) is 11.2. The van der Waals surface area contributed by atoms with E-state index in [9.17, 15) is 22.7 Å². The van der Waals surface area contributed by atoms with Crippen LogP contribution in [-0.4, -0.2) is 31.3 Å². The molecule has 1 aromatic carbocycles. The first-order chi connectivity index (χ1) is 9.87. The van der Waals surface area contributed by atoms with E-state index >= 15 is 0 Å². The highest BCUT2D eigenvalue weighted by Crippen LogP contribution is 2.34. The number of aliphatic carboxylic acids is 1. The second-order valence-electron chi connectivity index (χ2n) is 5.10. The first kappa shape index (κ1) is 15.8. The summed E-state index contributed by atoms with van der Waals surface area (Å²) < 4.78 is 39.6. The molecule has 21 heavy (non-hydrogen) atoms. The van der Waals surface area contributed by atoms with Crippen molar-refractivity contribution in [1.82, 2.24) is 0 Å². The van der Waals surface area contributed by atoms with Gasteiger partial charge in [0.15, 0.2) is 0 Å². The maximum Gasteiger partial charge on any atom is 0.307 e. The molecule has 0 aromatic heterocycles. The van der Waals surface area contributed by atoms with Crippen molar-refractivity contribution in [3.05, 3.63) is 30.1 Å². The van der Waals surface area contributed by atoms with Gasteiger partial charge in [0.25, 0.3) is 0 Å². The molecule has 1 aliphatic rings. The van der Waals surface area contributed by atoms with Crippen molar-refractivity contribution in [3.63, 3.8) is 0 Å². The van der Waals surface area contributed by atoms with Crippen LogP contribution in [0.3, 0.4) is 0 Å². The summed E-state index contributed by atoms with van der Waals surface area (Å²) in [6, 6.07) is 5.16. The van der Waals surface area contributed by atoms with Crippen LogP contribution >= 0.6 is 0 Å². The standard InChI is InChI=1S/C14H18FNO4S/c1-2-16(11-8-6-10(15)7-9-11)21(19,20)13-5-3-4-12(13)14(17)18/h6-9,12-13H,2-5H2,1H3,(H,17,18). The SMILES string of the molecule is CCN(c1ccc(F)cc1)S(=O)(=O)C1CCCC1C(=O)O. The Morgan fingerprint density at radius 3 is 2.48 bits per heavy atom. The highest BCUT2D eigenvalue weighted by Gasteiger charge is 2.44. The van der Waals surface area contributed by atoms with Crippen molar-refractivity contribution >= 4 is 21.7 Å². The van der Waals surface area contributed by atoms with E-state index in [1.807, 2.05) is 0 Å². The Morgan fingerprint density at radius 1 is 1.33 bits per heavy atom. The summed E-state index contributed by atoms with van der Waals surface area (Å²) in [5.74, 6) is -2.39. The van der Waals surface area contributed by atoms with Crippen LogP contribution in [0.25, 0.3) is 0 Å². The molecule has 0 radical (unpaired) electrons. The first-order valence-corrected chi connectivity index (χ1v) is 8.38. The summed E-state index contributed by atoms with van der Waals surface area (Å²) >= 11 is 0. The third kappa shape index (κ3) is 3.02. The van der Waals surface area contributed by atoms with Crippen molar-refractivity contribution in [1.29, 1.82) is 0 Å². The van der Waals surface area contributed by atoms with E-state index < -0.39 is 33.0 Å². The number of anilines is 1. The lowest BCUT2D eigenvalue weighted by molar-refractivity contribution is -0.141. The number of carboxylic acids is 1. The minimum atomic E-state index is -3.78. The quantitative estimate of drug-likeness (QED) is 0.904. The summed E-state index contributed by atoms with van der Waals surface area (Å²) in [7, 11) is -3.78. The van der Waals surface area contributed by atoms with E-state index in [0.29, 0.717) is 24.9 Å². The van der Waals surface area contributed by atoms with Crippen LogP contribution in [0.2, 0.25) is 0 Å². The van der Waals surface area contributed by atoms with Gasteiger partial charge in [-0.15, -0.1) is 0 Å². The number of carbonyl (C=O) groups is 1. The molecule has 1 aromatic rings. The number of nitrogens with zero attached hydrogens (tertiary/aromatic N) is 1. The van der Waals surface area contributed by atoms with Crippen LogP contribution in [0.4, 0.5) is 10.1 Å². The second kappa shape index (κ2) is 6.01. The molecular weight excluding hydrogens is 297 g/mol. The van der Waals surface area contributed by atoms with E-state index in [4.69, 9.17) is 0 Å². The lowest BCUT2D eigenvalue weighted by Crippen LogP contribution is -2.42. The van der Waals surface area contributed by atoms with E-state index in [1.54, 1.807) is 6.92 Å². The molecule has 116 valence electrons. The van der Waals surface area contributed by atoms with Crippen molar-refractivity contribution < 1.29 is 22.7 Å². The molecule has 2 unspecified atom stereocenters. The number of hydrogen-bond donors (Lipinski definition) is 1. The lowest BCUT2D eigenvalue weighted by Gasteiger charge is -2.28. The highest BCUT2D eigenvalue weighted by molar-refractivity contribution is 7.93. The predicted molar refractivity (Wildman–Crippen MR) is 77.1 cm³/mol. The number of rotatable bonds is 5. The number of carboxylic acid groups (broad SMARTS) is 1. The molecule has 2 rings (SSSR count). The van der Waals surface area contributed by atoms with Gasteiger partial charge in [-0.25, -0.2) is 12.8 Å². The Bertz CT molecular complexity index is 614. The largest absolute Gasteiger partial charge is 0.481 e. The smallest absolute Gasteiger partial charge is 0.307 e. The van der Waals surface area contributed by atoms with Gasteiger partial charge in [0, 0.05) is 6.54 Å². The zero-order valence-corrected chi connectivity index (χ0v) is 12.5. The first-order valence-electron chi connectivity index (χ1n) is 6.88. The third-order valence-electron chi connectivity index (χ3n) is 3.86. The van der Waals surface area contributed by atoms with E-state index in [1.165, 1.54) is 28.6 Å². The minimum Gasteiger partial charge on any atom is -0.481 e. The molecule has 1 aliphatic carbocycles. The molecule has 0 bridgehead atoms. The zero-order chi connectivity index (χ0) is 15.6. The van der Waals surface area contributed by atoms with E-state index in [0.717, 1.165) is 0 Å². The van der Waals surface area contributed by atoms with Crippen LogP contribution < -0.4 is 4.31 Å². The van der Waals surface area contributed by atoms with E-state index in [2.05, 4.69) is 0 Å². The topological polar surface area (TPSA) is 74.7 Å². The summed E-state index contributed by atoms with van der Waals surface area (Å²) in [6.45, 7) is 1.85. The molecule has 5 nitrogen and oxygen atoms in total. The fourth-order valence-electron chi connectivity index (χ4n) is 2.85. The Morgan fingerprint density at radius 2 is 1.95 bits per heavy atom. The molecule has 2 atom stereocenters. The van der Waals surface area contributed by atoms with Gasteiger partial charge < -0.3 is 5.11 Å². The Kier molecular flexibility index (Phi) is 4.51. The summed E-state index contributed by atoms with van der Waals surface area (Å²) in [6.07, 6.45) is 1.30. The second-order valence-corrected chi connectivity index (χ2v) is 7.18. The minimum absolute atomic E-state index is 0.177. The molecule has 0 amide bonds. The molecule has 1 saturated carbocycles. The monoisotopic (exact) mass is 315 g/mol. The fourth-order valence-corrected chi connectivity index (χ4v) is 5.08. The van der Waals surface area contributed by atoms with Gasteiger partial charge >= 0.3 is 5.97 Å². The molecule has 0 heterocycles. The number of halogens is 1. The van der Waals surface area contributed by atoms with Crippen molar-refractivity contribution in [2.24, 2.45) is 5.92 Å². The summed E-state index contributed by atoms with van der Waals surface area (Å²) in [5, 5.41) is 8.26. The third-order valence-corrected chi connectivity index (χ3v) is 6.27. The molecule has 1 N–H and O–H groups in total. The summed E-state index contributed by atoms with van der Waals surface area (Å²) in [5.41, 5.74) is 0.356. The molecule has 7 heteroatoms. The van der Waals surface area contributed by atoms with Gasteiger partial charge in [0.1, 0.15) is 5.82 Å². The van der Waals surface area contributed by atoms with Crippen LogP contribution in [-0.2, 0) is 14.8 Å². The van der Waals surface area contributed by atoms with Gasteiger partial charge in [-0.2, -0.15) is 0 Å². The van der Waals surface area contributed by atoms with Gasteiger partial charge in [-0.3, -0.25) is 9.10 Å². The zero-order valence-electron chi connectivity index (χ0n) is 11.7. The van der Waals surface area contributed by atoms with Crippen molar-refractivity contribution in [2.45, 2.75) is 31.4 Å². The van der Waals surface area contributed by atoms with Crippen LogP contribution in [0.15, 0.2) is 24.3 Å². The molecule has 0 spiro atoms. The van der Waals surface area contributed by atoms with E-state index in [-0.39, 0.29) is 6.54 Å². The number of sulfonamides is 1. The highest BCUT2D eigenvalue weighted by atomic mass is 32.2. The number of hydrogen-bond acceptors (Lipinski definition) is 3. The molecule has 0 saturated heterocycles. The van der Waals surface area contributed by atoms with Crippen LogP contribution in [0.5, 0.6) is 0 Å². The Labute approximate surface area is 123 Å². The van der Waals surface area contributed by atoms with Crippen molar-refractivity contribution in [3.8, 4) is 0 Å². The van der Waals surface area contributed by atoms with Crippen LogP contribution in [0.1, 0.15) is 26.2 Å². The molecular formula is C14H18FNO4S. The molecule has 0 aliphatic heterocycles. The molecule has 1 fully saturated rings. The van der Waals surface area contributed by atoms with Gasteiger partial charge in [-0.05, 0) is 44.0 Å². The lowest BCUT2D eigenvalue weighted by atomic mass is 10.1. The van der Waals surface area contributed by atoms with Crippen LogP contribution in [0, 0.1) is 11.7 Å². The Hall–Kier alpha value is -1.63. The maximum atomic E-state index is 13.0. The van der Waals surface area contributed by atoms with Gasteiger partial charge in [0.2, 0.25) is 10.0 Å². The average molecular weight is 315 g/mol. The maximum absolute atomic E-state index is 13.0.